The number of hydrogen-bond acceptors (Lipinski definition) is 8. The first-order valence-electron chi connectivity index (χ1n) is 8.51. The first-order valence-corrected chi connectivity index (χ1v) is 8.51. The SMILES string of the molecule is CC(=C\c1nnc(/C=C(C)/N=C/c2ccncc2)nn1)/N=C/c1ccncc1. The van der Waals surface area contributed by atoms with Gasteiger partial charge in [0.15, 0.2) is 11.6 Å². The predicted octanol–water partition coefficient (Wildman–Crippen LogP) is 3.02. The molecule has 0 saturated carbocycles. The molecule has 0 fully saturated rings. The van der Waals surface area contributed by atoms with Crippen LogP contribution in [0.2, 0.25) is 0 Å². The van der Waals surface area contributed by atoms with Crippen LogP contribution >= 0.6 is 0 Å². The van der Waals surface area contributed by atoms with Gasteiger partial charge in [0.25, 0.3) is 0 Å². The minimum atomic E-state index is 0.388. The third-order valence-corrected chi connectivity index (χ3v) is 3.43. The summed E-state index contributed by atoms with van der Waals surface area (Å²) in [6.45, 7) is 3.71. The second-order valence-electron chi connectivity index (χ2n) is 5.77. The summed E-state index contributed by atoms with van der Waals surface area (Å²) in [5, 5.41) is 16.2. The minimum Gasteiger partial charge on any atom is -0.265 e. The van der Waals surface area contributed by atoms with Gasteiger partial charge in [-0.1, -0.05) is 0 Å². The highest BCUT2D eigenvalue weighted by molar-refractivity contribution is 5.81. The van der Waals surface area contributed by atoms with Gasteiger partial charge < -0.3 is 0 Å². The van der Waals surface area contributed by atoms with E-state index in [2.05, 4.69) is 40.3 Å². The zero-order valence-corrected chi connectivity index (χ0v) is 15.5. The fourth-order valence-electron chi connectivity index (χ4n) is 2.06. The number of nitrogens with zero attached hydrogens (tertiary/aromatic N) is 8. The van der Waals surface area contributed by atoms with Gasteiger partial charge in [-0.05, 0) is 49.2 Å². The van der Waals surface area contributed by atoms with E-state index in [9.17, 15) is 0 Å². The fraction of sp³-hybridized carbons (Fsp3) is 0.100. The van der Waals surface area contributed by atoms with Crippen molar-refractivity contribution in [1.82, 2.24) is 30.4 Å². The van der Waals surface area contributed by atoms with Crippen molar-refractivity contribution in [3.05, 3.63) is 83.2 Å². The third kappa shape index (κ3) is 6.10. The molecular formula is C20H18N8. The lowest BCUT2D eigenvalue weighted by molar-refractivity contribution is 0.823. The number of allylic oxidation sites excluding steroid dienone is 2. The van der Waals surface area contributed by atoms with Crippen LogP contribution in [-0.4, -0.2) is 42.8 Å². The van der Waals surface area contributed by atoms with Gasteiger partial charge in [-0.3, -0.25) is 20.0 Å². The fourth-order valence-corrected chi connectivity index (χ4v) is 2.06. The molecule has 28 heavy (non-hydrogen) atoms. The van der Waals surface area contributed by atoms with E-state index in [0.717, 1.165) is 22.5 Å². The number of hydrogen-bond donors (Lipinski definition) is 0. The topological polar surface area (TPSA) is 102 Å². The van der Waals surface area contributed by atoms with Crippen LogP contribution in [0.3, 0.4) is 0 Å². The molecule has 0 N–H and O–H groups in total. The molecule has 0 atom stereocenters. The van der Waals surface area contributed by atoms with Crippen LogP contribution in [0.15, 0.2) is 70.4 Å². The van der Waals surface area contributed by atoms with Crippen LogP contribution in [0, 0.1) is 0 Å². The van der Waals surface area contributed by atoms with Gasteiger partial charge in [-0.2, -0.15) is 0 Å². The number of pyridine rings is 2. The van der Waals surface area contributed by atoms with E-state index in [1.807, 2.05) is 38.1 Å². The molecule has 0 aliphatic carbocycles. The Morgan fingerprint density at radius 2 is 1.00 bits per heavy atom. The van der Waals surface area contributed by atoms with Crippen molar-refractivity contribution in [1.29, 1.82) is 0 Å². The largest absolute Gasteiger partial charge is 0.265 e. The van der Waals surface area contributed by atoms with Gasteiger partial charge in [-0.25, -0.2) is 0 Å². The normalized spacial score (nSPS) is 12.8. The molecule has 8 heteroatoms. The minimum absolute atomic E-state index is 0.388. The van der Waals surface area contributed by atoms with E-state index in [-0.39, 0.29) is 0 Å². The van der Waals surface area contributed by atoms with E-state index >= 15 is 0 Å². The van der Waals surface area contributed by atoms with Crippen LogP contribution in [0.1, 0.15) is 36.6 Å². The van der Waals surface area contributed by atoms with Crippen molar-refractivity contribution < 1.29 is 0 Å². The van der Waals surface area contributed by atoms with Crippen LogP contribution in [0.4, 0.5) is 0 Å². The first kappa shape index (κ1) is 18.8. The van der Waals surface area contributed by atoms with Crippen LogP contribution in [0.5, 0.6) is 0 Å². The summed E-state index contributed by atoms with van der Waals surface area (Å²) in [4.78, 5) is 16.6. The van der Waals surface area contributed by atoms with Gasteiger partial charge in [0.05, 0.1) is 0 Å². The smallest absolute Gasteiger partial charge is 0.198 e. The Morgan fingerprint density at radius 1 is 0.643 bits per heavy atom. The highest BCUT2D eigenvalue weighted by Crippen LogP contribution is 2.04. The Bertz CT molecular complexity index is 923. The molecule has 0 aliphatic rings. The summed E-state index contributed by atoms with van der Waals surface area (Å²) in [6.07, 6.45) is 13.8. The molecule has 0 amide bonds. The predicted molar refractivity (Wildman–Crippen MR) is 109 cm³/mol. The van der Waals surface area contributed by atoms with Crippen LogP contribution in [0.25, 0.3) is 12.2 Å². The highest BCUT2D eigenvalue weighted by atomic mass is 15.3. The average Bonchev–Trinajstić information content (AvgIpc) is 2.74. The molecule has 0 aromatic carbocycles. The van der Waals surface area contributed by atoms with E-state index in [1.165, 1.54) is 0 Å². The Labute approximate surface area is 162 Å². The monoisotopic (exact) mass is 370 g/mol. The van der Waals surface area contributed by atoms with E-state index in [1.54, 1.807) is 49.4 Å². The molecule has 0 bridgehead atoms. The summed E-state index contributed by atoms with van der Waals surface area (Å²) >= 11 is 0. The zero-order valence-electron chi connectivity index (χ0n) is 15.5. The van der Waals surface area contributed by atoms with Crippen molar-refractivity contribution in [3.8, 4) is 0 Å². The second-order valence-corrected chi connectivity index (χ2v) is 5.77. The van der Waals surface area contributed by atoms with Crippen LogP contribution < -0.4 is 0 Å². The molecule has 138 valence electrons. The highest BCUT2D eigenvalue weighted by Gasteiger charge is 1.98. The van der Waals surface area contributed by atoms with Crippen molar-refractivity contribution in [2.75, 3.05) is 0 Å². The van der Waals surface area contributed by atoms with Gasteiger partial charge in [-0.15, -0.1) is 20.4 Å². The molecule has 0 radical (unpaired) electrons. The molecule has 8 nitrogen and oxygen atoms in total. The van der Waals surface area contributed by atoms with Gasteiger partial charge in [0.1, 0.15) is 0 Å². The van der Waals surface area contributed by atoms with Gasteiger partial charge in [0, 0.05) is 60.8 Å². The Kier molecular flexibility index (Phi) is 6.51. The Balaban J connectivity index is 1.64. The molecule has 3 heterocycles. The molecule has 0 unspecified atom stereocenters. The molecular weight excluding hydrogens is 352 g/mol. The summed E-state index contributed by atoms with van der Waals surface area (Å²) in [5.41, 5.74) is 3.40. The maximum absolute atomic E-state index is 4.35. The molecule has 0 saturated heterocycles. The van der Waals surface area contributed by atoms with E-state index in [4.69, 9.17) is 0 Å². The summed E-state index contributed by atoms with van der Waals surface area (Å²) in [6, 6.07) is 7.49. The lowest BCUT2D eigenvalue weighted by Gasteiger charge is -1.96. The number of aromatic nitrogens is 6. The second kappa shape index (κ2) is 9.67. The summed E-state index contributed by atoms with van der Waals surface area (Å²) < 4.78 is 0. The number of rotatable bonds is 6. The van der Waals surface area contributed by atoms with Crippen molar-refractivity contribution in [2.24, 2.45) is 9.98 Å². The maximum Gasteiger partial charge on any atom is 0.198 e. The third-order valence-electron chi connectivity index (χ3n) is 3.43. The number of aliphatic imine (C=N–C) groups is 2. The van der Waals surface area contributed by atoms with E-state index in [0.29, 0.717) is 11.6 Å². The van der Waals surface area contributed by atoms with E-state index < -0.39 is 0 Å². The standard InChI is InChI=1S/C20H18N8/c1-15(23-13-17-3-7-21-8-4-17)11-19-25-27-20(28-26-19)12-16(2)24-14-18-5-9-22-10-6-18/h3-14H,1-2H3/b15-11+,16-12+,23-13+,24-14+. The van der Waals surface area contributed by atoms with Crippen molar-refractivity contribution in [3.63, 3.8) is 0 Å². The average molecular weight is 370 g/mol. The molecule has 0 spiro atoms. The van der Waals surface area contributed by atoms with Gasteiger partial charge >= 0.3 is 0 Å². The Morgan fingerprint density at radius 3 is 1.36 bits per heavy atom. The quantitative estimate of drug-likeness (QED) is 0.618. The Hall–Kier alpha value is -3.94. The lowest BCUT2D eigenvalue weighted by Crippen LogP contribution is -1.99. The maximum atomic E-state index is 4.35. The molecule has 3 aromatic rings. The van der Waals surface area contributed by atoms with Crippen molar-refractivity contribution >= 4 is 24.6 Å². The lowest BCUT2D eigenvalue weighted by atomic mass is 10.3. The molecule has 0 aliphatic heterocycles. The molecule has 3 aromatic heterocycles. The molecule has 3 rings (SSSR count). The summed E-state index contributed by atoms with van der Waals surface area (Å²) in [5.74, 6) is 0.777. The van der Waals surface area contributed by atoms with Crippen LogP contribution in [-0.2, 0) is 0 Å². The van der Waals surface area contributed by atoms with Gasteiger partial charge in [0.2, 0.25) is 0 Å². The zero-order chi connectivity index (χ0) is 19.6. The first-order chi connectivity index (χ1) is 13.7. The van der Waals surface area contributed by atoms with Crippen molar-refractivity contribution in [2.45, 2.75) is 13.8 Å². The summed E-state index contributed by atoms with van der Waals surface area (Å²) in [7, 11) is 0.